The van der Waals surface area contributed by atoms with E-state index in [0.717, 1.165) is 12.4 Å². The second-order valence-electron chi connectivity index (χ2n) is 6.16. The lowest BCUT2D eigenvalue weighted by Crippen LogP contribution is -2.26. The summed E-state index contributed by atoms with van der Waals surface area (Å²) >= 11 is 5.14. The van der Waals surface area contributed by atoms with Gasteiger partial charge in [0.2, 0.25) is 17.6 Å². The third-order valence-electron chi connectivity index (χ3n) is 4.19. The number of benzene rings is 1. The van der Waals surface area contributed by atoms with Crippen molar-refractivity contribution in [3.63, 3.8) is 0 Å². The first-order valence-corrected chi connectivity index (χ1v) is 9.47. The number of aromatic nitrogens is 5. The van der Waals surface area contributed by atoms with Crippen molar-refractivity contribution in [2.24, 2.45) is 0 Å². The standard InChI is InChI=1S/C18H21FN6O2S/c1-2-25-14(22-23-18(25)28)10-11-20-15(26)4-3-5-16-21-17(24-27-16)12-6-8-13(19)9-7-12/h6-9H,2-5,10-11H2,1H3,(H,20,26)(H,23,28). The molecule has 0 spiro atoms. The lowest BCUT2D eigenvalue weighted by atomic mass is 10.2. The number of nitrogens with one attached hydrogen (secondary N) is 2. The zero-order chi connectivity index (χ0) is 19.9. The van der Waals surface area contributed by atoms with E-state index >= 15 is 0 Å². The monoisotopic (exact) mass is 404 g/mol. The van der Waals surface area contributed by atoms with Crippen molar-refractivity contribution in [1.82, 2.24) is 30.2 Å². The lowest BCUT2D eigenvalue weighted by Gasteiger charge is -2.05. The van der Waals surface area contributed by atoms with E-state index in [4.69, 9.17) is 16.7 Å². The molecule has 0 atom stereocenters. The Morgan fingerprint density at radius 1 is 1.32 bits per heavy atom. The molecular weight excluding hydrogens is 383 g/mol. The van der Waals surface area contributed by atoms with Crippen LogP contribution in [0.15, 0.2) is 28.8 Å². The minimum atomic E-state index is -0.320. The molecule has 2 N–H and O–H groups in total. The molecule has 0 aliphatic rings. The molecule has 3 aromatic rings. The Balaban J connectivity index is 1.39. The number of hydrogen-bond acceptors (Lipinski definition) is 6. The van der Waals surface area contributed by atoms with Crippen LogP contribution in [0.2, 0.25) is 0 Å². The molecule has 1 aromatic carbocycles. The molecule has 8 nitrogen and oxygen atoms in total. The van der Waals surface area contributed by atoms with Gasteiger partial charge in [-0.25, -0.2) is 4.39 Å². The van der Waals surface area contributed by atoms with E-state index in [0.29, 0.717) is 54.3 Å². The predicted octanol–water partition coefficient (Wildman–Crippen LogP) is 2.83. The predicted molar refractivity (Wildman–Crippen MR) is 102 cm³/mol. The fraction of sp³-hybridized carbons (Fsp3) is 0.389. The first-order valence-electron chi connectivity index (χ1n) is 9.06. The fourth-order valence-electron chi connectivity index (χ4n) is 2.74. The first kappa shape index (κ1) is 19.9. The highest BCUT2D eigenvalue weighted by molar-refractivity contribution is 7.71. The van der Waals surface area contributed by atoms with Gasteiger partial charge in [0.05, 0.1) is 0 Å². The second kappa shape index (κ2) is 9.36. The molecule has 10 heteroatoms. The van der Waals surface area contributed by atoms with Gasteiger partial charge in [-0.3, -0.25) is 9.89 Å². The van der Waals surface area contributed by atoms with Gasteiger partial charge < -0.3 is 14.4 Å². The largest absolute Gasteiger partial charge is 0.356 e. The molecule has 0 fully saturated rings. The molecule has 0 radical (unpaired) electrons. The highest BCUT2D eigenvalue weighted by Gasteiger charge is 2.10. The van der Waals surface area contributed by atoms with Crippen LogP contribution in [0.5, 0.6) is 0 Å². The number of rotatable bonds is 9. The molecule has 28 heavy (non-hydrogen) atoms. The third kappa shape index (κ3) is 5.10. The van der Waals surface area contributed by atoms with Crippen LogP contribution in [0.25, 0.3) is 11.4 Å². The number of carbonyl (C=O) groups is 1. The van der Waals surface area contributed by atoms with Crippen LogP contribution in [0.1, 0.15) is 31.5 Å². The van der Waals surface area contributed by atoms with Crippen molar-refractivity contribution in [3.8, 4) is 11.4 Å². The van der Waals surface area contributed by atoms with Gasteiger partial charge in [-0.2, -0.15) is 10.1 Å². The maximum Gasteiger partial charge on any atom is 0.226 e. The Kier molecular flexibility index (Phi) is 6.64. The molecule has 2 heterocycles. The fourth-order valence-corrected chi connectivity index (χ4v) is 3.02. The normalized spacial score (nSPS) is 10.9. The lowest BCUT2D eigenvalue weighted by molar-refractivity contribution is -0.121. The Morgan fingerprint density at radius 2 is 2.11 bits per heavy atom. The highest BCUT2D eigenvalue weighted by Crippen LogP contribution is 2.16. The molecule has 2 aromatic heterocycles. The number of H-pyrrole nitrogens is 1. The van der Waals surface area contributed by atoms with E-state index < -0.39 is 0 Å². The number of hydrogen-bond donors (Lipinski definition) is 2. The van der Waals surface area contributed by atoms with Gasteiger partial charge in [0.15, 0.2) is 4.77 Å². The average Bonchev–Trinajstić information content (AvgIpc) is 3.29. The smallest absolute Gasteiger partial charge is 0.226 e. The number of aryl methyl sites for hydroxylation is 1. The Hall–Kier alpha value is -2.88. The van der Waals surface area contributed by atoms with Crippen LogP contribution < -0.4 is 5.32 Å². The Morgan fingerprint density at radius 3 is 2.86 bits per heavy atom. The summed E-state index contributed by atoms with van der Waals surface area (Å²) < 4.78 is 20.6. The van der Waals surface area contributed by atoms with Crippen LogP contribution in [-0.4, -0.2) is 37.4 Å². The molecule has 0 saturated heterocycles. The molecule has 148 valence electrons. The Labute approximate surface area is 166 Å². The van der Waals surface area contributed by atoms with Crippen LogP contribution >= 0.6 is 12.2 Å². The van der Waals surface area contributed by atoms with Gasteiger partial charge in [-0.05, 0) is 49.8 Å². The summed E-state index contributed by atoms with van der Waals surface area (Å²) in [5.41, 5.74) is 0.680. The SMILES string of the molecule is CCn1c(CCNC(=O)CCCc2nc(-c3ccc(F)cc3)no2)n[nH]c1=S. The molecule has 0 aliphatic heterocycles. The zero-order valence-electron chi connectivity index (χ0n) is 15.4. The topological polar surface area (TPSA) is 102 Å². The molecule has 0 bridgehead atoms. The zero-order valence-corrected chi connectivity index (χ0v) is 16.3. The van der Waals surface area contributed by atoms with Gasteiger partial charge in [-0.1, -0.05) is 5.16 Å². The minimum absolute atomic E-state index is 0.0459. The summed E-state index contributed by atoms with van der Waals surface area (Å²) in [7, 11) is 0. The van der Waals surface area contributed by atoms with Crippen molar-refractivity contribution in [2.75, 3.05) is 6.54 Å². The summed E-state index contributed by atoms with van der Waals surface area (Å²) in [6.07, 6.45) is 2.05. The number of carbonyl (C=O) groups excluding carboxylic acids is 1. The van der Waals surface area contributed by atoms with Gasteiger partial charge in [0, 0.05) is 37.9 Å². The van der Waals surface area contributed by atoms with Gasteiger partial charge >= 0.3 is 0 Å². The highest BCUT2D eigenvalue weighted by atomic mass is 32.1. The molecule has 0 aliphatic carbocycles. The quantitative estimate of drug-likeness (QED) is 0.532. The summed E-state index contributed by atoms with van der Waals surface area (Å²) in [4.78, 5) is 16.2. The Bertz CT molecular complexity index is 979. The van der Waals surface area contributed by atoms with E-state index in [2.05, 4.69) is 25.7 Å². The van der Waals surface area contributed by atoms with Crippen molar-refractivity contribution in [3.05, 3.63) is 46.6 Å². The molecular formula is C18H21FN6O2S. The van der Waals surface area contributed by atoms with Gasteiger partial charge in [0.25, 0.3) is 0 Å². The van der Waals surface area contributed by atoms with Crippen LogP contribution in [-0.2, 0) is 24.2 Å². The van der Waals surface area contributed by atoms with Gasteiger partial charge in [-0.15, -0.1) is 0 Å². The van der Waals surface area contributed by atoms with E-state index in [1.165, 1.54) is 12.1 Å². The summed E-state index contributed by atoms with van der Waals surface area (Å²) in [6, 6.07) is 5.87. The van der Waals surface area contributed by atoms with Crippen LogP contribution in [0, 0.1) is 10.6 Å². The summed E-state index contributed by atoms with van der Waals surface area (Å²) in [6.45, 7) is 3.23. The van der Waals surface area contributed by atoms with E-state index in [9.17, 15) is 9.18 Å². The number of amides is 1. The number of aromatic amines is 1. The first-order chi connectivity index (χ1) is 13.6. The van der Waals surface area contributed by atoms with Crippen molar-refractivity contribution in [2.45, 2.75) is 39.2 Å². The van der Waals surface area contributed by atoms with Crippen molar-refractivity contribution < 1.29 is 13.7 Å². The summed E-state index contributed by atoms with van der Waals surface area (Å²) in [5.74, 6) is 1.32. The maximum atomic E-state index is 13.0. The third-order valence-corrected chi connectivity index (χ3v) is 4.50. The maximum absolute atomic E-state index is 13.0. The van der Waals surface area contributed by atoms with Gasteiger partial charge in [0.1, 0.15) is 11.6 Å². The second-order valence-corrected chi connectivity index (χ2v) is 6.55. The van der Waals surface area contributed by atoms with E-state index in [-0.39, 0.29) is 11.7 Å². The van der Waals surface area contributed by atoms with Crippen molar-refractivity contribution >= 4 is 18.1 Å². The molecule has 1 amide bonds. The van der Waals surface area contributed by atoms with E-state index in [1.54, 1.807) is 12.1 Å². The minimum Gasteiger partial charge on any atom is -0.356 e. The number of halogens is 1. The van der Waals surface area contributed by atoms with Crippen LogP contribution in [0.3, 0.4) is 0 Å². The average molecular weight is 404 g/mol. The van der Waals surface area contributed by atoms with Crippen molar-refractivity contribution in [1.29, 1.82) is 0 Å². The van der Waals surface area contributed by atoms with E-state index in [1.807, 2.05) is 11.5 Å². The molecule has 3 rings (SSSR count). The molecule has 0 unspecified atom stereocenters. The molecule has 0 saturated carbocycles. The van der Waals surface area contributed by atoms with Crippen LogP contribution in [0.4, 0.5) is 4.39 Å². The summed E-state index contributed by atoms with van der Waals surface area (Å²) in [5, 5.41) is 13.7. The number of nitrogens with zero attached hydrogens (tertiary/aromatic N) is 4.